The largest absolute Gasteiger partial charge is 0.350 e. The highest BCUT2D eigenvalue weighted by Gasteiger charge is 2.42. The molecule has 2 aromatic carbocycles. The number of carbonyl (C=O) groups excluding carboxylic acids is 2. The highest BCUT2D eigenvalue weighted by Crippen LogP contribution is 2.30. The zero-order chi connectivity index (χ0) is 25.7. The Labute approximate surface area is 210 Å². The van der Waals surface area contributed by atoms with E-state index < -0.39 is 44.5 Å². The summed E-state index contributed by atoms with van der Waals surface area (Å²) in [4.78, 5) is 27.5. The van der Waals surface area contributed by atoms with Crippen molar-refractivity contribution in [3.63, 3.8) is 0 Å². The molecule has 2 fully saturated rings. The van der Waals surface area contributed by atoms with Crippen LogP contribution in [0.1, 0.15) is 50.5 Å². The molecule has 194 valence electrons. The van der Waals surface area contributed by atoms with Gasteiger partial charge in [-0.2, -0.15) is 4.72 Å². The summed E-state index contributed by atoms with van der Waals surface area (Å²) in [6, 6.07) is 9.78. The highest BCUT2D eigenvalue weighted by molar-refractivity contribution is 7.89. The molecule has 0 spiro atoms. The third-order valence-corrected chi connectivity index (χ3v) is 8.48. The molecule has 0 unspecified atom stereocenters. The number of benzene rings is 2. The van der Waals surface area contributed by atoms with Gasteiger partial charge in [0.05, 0.1) is 0 Å². The molecule has 1 saturated carbocycles. The van der Waals surface area contributed by atoms with Gasteiger partial charge in [-0.3, -0.25) is 9.59 Å². The lowest BCUT2D eigenvalue weighted by Gasteiger charge is -2.34. The van der Waals surface area contributed by atoms with Crippen LogP contribution in [0.3, 0.4) is 0 Å². The Kier molecular flexibility index (Phi) is 8.35. The molecule has 2 amide bonds. The van der Waals surface area contributed by atoms with Gasteiger partial charge in [-0.25, -0.2) is 17.2 Å². The van der Waals surface area contributed by atoms with Crippen molar-refractivity contribution in [1.82, 2.24) is 14.9 Å². The molecule has 1 aliphatic heterocycles. The number of rotatable bonds is 8. The summed E-state index contributed by atoms with van der Waals surface area (Å²) in [5.74, 6) is -3.17. The van der Waals surface area contributed by atoms with Gasteiger partial charge in [0.2, 0.25) is 21.8 Å². The molecule has 0 radical (unpaired) electrons. The minimum atomic E-state index is -4.45. The van der Waals surface area contributed by atoms with Gasteiger partial charge in [0.25, 0.3) is 0 Å². The zero-order valence-electron chi connectivity index (χ0n) is 20.0. The van der Waals surface area contributed by atoms with E-state index in [0.717, 1.165) is 37.0 Å². The van der Waals surface area contributed by atoms with Crippen LogP contribution in [0.5, 0.6) is 0 Å². The van der Waals surface area contributed by atoms with Crippen LogP contribution in [-0.4, -0.2) is 43.8 Å². The van der Waals surface area contributed by atoms with Gasteiger partial charge >= 0.3 is 0 Å². The number of nitrogens with zero attached hydrogens (tertiary/aromatic N) is 1. The lowest BCUT2D eigenvalue weighted by atomic mass is 9.83. The molecule has 2 aliphatic rings. The first-order valence-electron chi connectivity index (χ1n) is 12.4. The number of halogens is 2. The van der Waals surface area contributed by atoms with E-state index >= 15 is 0 Å². The van der Waals surface area contributed by atoms with Crippen molar-refractivity contribution in [2.75, 3.05) is 6.54 Å². The van der Waals surface area contributed by atoms with Gasteiger partial charge in [-0.15, -0.1) is 0 Å². The summed E-state index contributed by atoms with van der Waals surface area (Å²) < 4.78 is 56.3. The number of hydrogen-bond donors (Lipinski definition) is 2. The van der Waals surface area contributed by atoms with Crippen LogP contribution in [0.25, 0.3) is 0 Å². The molecular formula is C26H31F2N3O4S. The second kappa shape index (κ2) is 11.5. The minimum Gasteiger partial charge on any atom is -0.350 e. The van der Waals surface area contributed by atoms with E-state index in [0.29, 0.717) is 44.8 Å². The summed E-state index contributed by atoms with van der Waals surface area (Å²) in [6.45, 7) is 0.652. The van der Waals surface area contributed by atoms with Gasteiger partial charge in [-0.1, -0.05) is 49.6 Å². The van der Waals surface area contributed by atoms with Crippen LogP contribution in [0.4, 0.5) is 8.78 Å². The normalized spacial score (nSPS) is 19.7. The zero-order valence-corrected chi connectivity index (χ0v) is 20.8. The average Bonchev–Trinajstić information content (AvgIpc) is 3.36. The standard InChI is InChI=1S/C26H31F2N3O4S/c27-20-13-14-23(21(28)16-20)36(34,35)30-24(19-10-5-2-6-11-19)26(33)31-15-7-12-22(31)25(32)29-17-18-8-3-1-4-9-18/h1,3-4,8-9,13-14,16,19,22,24,30H,2,5-7,10-12,15,17H2,(H,29,32)/t22-,24-/m0/s1. The number of hydrogen-bond acceptors (Lipinski definition) is 4. The number of likely N-dealkylation sites (tertiary alicyclic amines) is 1. The van der Waals surface area contributed by atoms with Crippen LogP contribution in [0.2, 0.25) is 0 Å². The fourth-order valence-electron chi connectivity index (χ4n) is 5.12. The molecule has 0 aromatic heterocycles. The molecular weight excluding hydrogens is 488 g/mol. The monoisotopic (exact) mass is 519 g/mol. The summed E-state index contributed by atoms with van der Waals surface area (Å²) in [5.41, 5.74) is 0.927. The van der Waals surface area contributed by atoms with E-state index in [2.05, 4.69) is 10.0 Å². The minimum absolute atomic E-state index is 0.279. The number of nitrogens with one attached hydrogen (secondary N) is 2. The average molecular weight is 520 g/mol. The van der Waals surface area contributed by atoms with Crippen LogP contribution in [0, 0.1) is 17.6 Å². The topological polar surface area (TPSA) is 95.6 Å². The molecule has 36 heavy (non-hydrogen) atoms. The van der Waals surface area contributed by atoms with E-state index in [9.17, 15) is 26.8 Å². The van der Waals surface area contributed by atoms with Gasteiger partial charge in [0.15, 0.2) is 0 Å². The van der Waals surface area contributed by atoms with E-state index in [4.69, 9.17) is 0 Å². The van der Waals surface area contributed by atoms with Crippen molar-refractivity contribution in [1.29, 1.82) is 0 Å². The number of carbonyl (C=O) groups is 2. The third-order valence-electron chi connectivity index (χ3n) is 7.00. The molecule has 10 heteroatoms. The van der Waals surface area contributed by atoms with E-state index in [-0.39, 0.29) is 11.8 Å². The second-order valence-corrected chi connectivity index (χ2v) is 11.1. The molecule has 7 nitrogen and oxygen atoms in total. The Morgan fingerprint density at radius 1 is 0.972 bits per heavy atom. The summed E-state index contributed by atoms with van der Waals surface area (Å²) in [5, 5.41) is 2.87. The molecule has 4 rings (SSSR count). The van der Waals surface area contributed by atoms with Gasteiger partial charge in [0.1, 0.15) is 28.6 Å². The van der Waals surface area contributed by atoms with Crippen molar-refractivity contribution in [2.24, 2.45) is 5.92 Å². The first kappa shape index (κ1) is 26.2. The predicted octanol–water partition coefficient (Wildman–Crippen LogP) is 3.50. The SMILES string of the molecule is O=C(NCc1ccccc1)[C@@H]1CCCN1C(=O)[C@@H](NS(=O)(=O)c1ccc(F)cc1F)C1CCCCC1. The molecule has 2 atom stereocenters. The Bertz CT molecular complexity index is 1190. The van der Waals surface area contributed by atoms with Crippen LogP contribution in [-0.2, 0) is 26.2 Å². The lowest BCUT2D eigenvalue weighted by molar-refractivity contribution is -0.141. The van der Waals surface area contributed by atoms with Gasteiger partial charge < -0.3 is 10.2 Å². The molecule has 1 heterocycles. The first-order valence-corrected chi connectivity index (χ1v) is 13.8. The Hall–Kier alpha value is -2.85. The smallest absolute Gasteiger partial charge is 0.244 e. The van der Waals surface area contributed by atoms with Crippen molar-refractivity contribution in [2.45, 2.75) is 68.5 Å². The lowest BCUT2D eigenvalue weighted by Crippen LogP contribution is -2.56. The maximum Gasteiger partial charge on any atom is 0.244 e. The summed E-state index contributed by atoms with van der Waals surface area (Å²) >= 11 is 0. The fraction of sp³-hybridized carbons (Fsp3) is 0.462. The van der Waals surface area contributed by atoms with Crippen LogP contribution >= 0.6 is 0 Å². The third kappa shape index (κ3) is 6.10. The number of amides is 2. The van der Waals surface area contributed by atoms with Crippen LogP contribution in [0.15, 0.2) is 53.4 Å². The second-order valence-electron chi connectivity index (χ2n) is 9.46. The quantitative estimate of drug-likeness (QED) is 0.558. The maximum absolute atomic E-state index is 14.3. The summed E-state index contributed by atoms with van der Waals surface area (Å²) in [7, 11) is -4.45. The van der Waals surface area contributed by atoms with E-state index in [1.807, 2.05) is 30.3 Å². The molecule has 2 aromatic rings. The highest BCUT2D eigenvalue weighted by atomic mass is 32.2. The van der Waals surface area contributed by atoms with Crippen molar-refractivity contribution < 1.29 is 26.8 Å². The van der Waals surface area contributed by atoms with Gasteiger partial charge in [0, 0.05) is 19.2 Å². The molecule has 1 aliphatic carbocycles. The Morgan fingerprint density at radius 3 is 2.39 bits per heavy atom. The van der Waals surface area contributed by atoms with Crippen molar-refractivity contribution in [3.8, 4) is 0 Å². The van der Waals surface area contributed by atoms with Crippen molar-refractivity contribution in [3.05, 3.63) is 65.7 Å². The molecule has 0 bridgehead atoms. The molecule has 1 saturated heterocycles. The van der Waals surface area contributed by atoms with E-state index in [1.165, 1.54) is 4.90 Å². The van der Waals surface area contributed by atoms with Crippen molar-refractivity contribution >= 4 is 21.8 Å². The van der Waals surface area contributed by atoms with Gasteiger partial charge in [-0.05, 0) is 49.3 Å². The maximum atomic E-state index is 14.3. The summed E-state index contributed by atoms with van der Waals surface area (Å²) in [6.07, 6.45) is 5.07. The first-order chi connectivity index (χ1) is 17.3. The van der Waals surface area contributed by atoms with Crippen LogP contribution < -0.4 is 10.0 Å². The van der Waals surface area contributed by atoms with E-state index in [1.54, 1.807) is 0 Å². The number of sulfonamides is 1. The molecule has 2 N–H and O–H groups in total. The Balaban J connectivity index is 1.53. The fourth-order valence-corrected chi connectivity index (χ4v) is 6.44. The predicted molar refractivity (Wildman–Crippen MR) is 130 cm³/mol. The Morgan fingerprint density at radius 2 is 1.69 bits per heavy atom.